The molecule has 6 nitrogen and oxygen atoms in total. The Kier molecular flexibility index (Phi) is 3.96. The number of nitrogens with zero attached hydrogens (tertiary/aromatic N) is 1. The van der Waals surface area contributed by atoms with Gasteiger partial charge in [0.1, 0.15) is 5.82 Å². The summed E-state index contributed by atoms with van der Waals surface area (Å²) in [6.07, 6.45) is 0.667. The molecule has 7 heteroatoms. The van der Waals surface area contributed by atoms with Crippen molar-refractivity contribution in [2.24, 2.45) is 16.8 Å². The summed E-state index contributed by atoms with van der Waals surface area (Å²) in [5, 5.41) is 13.9. The van der Waals surface area contributed by atoms with Gasteiger partial charge in [-0.3, -0.25) is 4.79 Å². The van der Waals surface area contributed by atoms with Gasteiger partial charge in [0.15, 0.2) is 5.84 Å². The monoisotopic (exact) mass is 267 g/mol. The van der Waals surface area contributed by atoms with E-state index in [1.165, 1.54) is 12.1 Å². The molecule has 0 aromatic heterocycles. The van der Waals surface area contributed by atoms with Crippen molar-refractivity contribution >= 4 is 17.4 Å². The van der Waals surface area contributed by atoms with Crippen LogP contribution in [0.5, 0.6) is 0 Å². The molecule has 1 aromatic rings. The molecule has 2 rings (SSSR count). The first-order valence-electron chi connectivity index (χ1n) is 5.78. The van der Waals surface area contributed by atoms with E-state index in [1.54, 1.807) is 0 Å². The fourth-order valence-electron chi connectivity index (χ4n) is 1.84. The van der Waals surface area contributed by atoms with E-state index in [2.05, 4.69) is 10.5 Å². The lowest BCUT2D eigenvalue weighted by atomic mass is 10.1. The molecule has 1 amide bonds. The Morgan fingerprint density at radius 1 is 1.58 bits per heavy atom. The van der Waals surface area contributed by atoms with Crippen molar-refractivity contribution in [3.05, 3.63) is 29.6 Å². The van der Waals surface area contributed by atoms with Crippen LogP contribution in [0.3, 0.4) is 0 Å². The summed E-state index contributed by atoms with van der Waals surface area (Å²) >= 11 is 0. The molecule has 1 saturated heterocycles. The van der Waals surface area contributed by atoms with Gasteiger partial charge in [0.25, 0.3) is 0 Å². The zero-order valence-electron chi connectivity index (χ0n) is 10.1. The molecule has 1 atom stereocenters. The van der Waals surface area contributed by atoms with E-state index in [4.69, 9.17) is 15.7 Å². The zero-order chi connectivity index (χ0) is 13.8. The summed E-state index contributed by atoms with van der Waals surface area (Å²) in [7, 11) is 0. The molecule has 1 fully saturated rings. The van der Waals surface area contributed by atoms with E-state index < -0.39 is 5.82 Å². The number of anilines is 1. The van der Waals surface area contributed by atoms with E-state index >= 15 is 0 Å². The second-order valence-electron chi connectivity index (χ2n) is 4.23. The SMILES string of the molecule is NC(=NO)c1cc(NC(=O)C2CCOC2)ccc1F. The third-order valence-corrected chi connectivity index (χ3v) is 2.92. The molecule has 1 heterocycles. The molecule has 0 bridgehead atoms. The maximum atomic E-state index is 13.4. The van der Waals surface area contributed by atoms with Gasteiger partial charge in [0, 0.05) is 12.3 Å². The second kappa shape index (κ2) is 5.66. The number of amidine groups is 1. The number of benzene rings is 1. The van der Waals surface area contributed by atoms with Crippen LogP contribution in [-0.4, -0.2) is 30.2 Å². The van der Waals surface area contributed by atoms with Gasteiger partial charge in [-0.2, -0.15) is 0 Å². The van der Waals surface area contributed by atoms with Crippen LogP contribution in [0.2, 0.25) is 0 Å². The molecule has 0 spiro atoms. The fraction of sp³-hybridized carbons (Fsp3) is 0.333. The number of hydrogen-bond acceptors (Lipinski definition) is 4. The Labute approximate surface area is 109 Å². The Hall–Kier alpha value is -2.15. The van der Waals surface area contributed by atoms with E-state index in [0.717, 1.165) is 6.07 Å². The third-order valence-electron chi connectivity index (χ3n) is 2.92. The predicted octanol–water partition coefficient (Wildman–Crippen LogP) is 0.895. The number of carbonyl (C=O) groups is 1. The normalized spacial score (nSPS) is 19.4. The average molecular weight is 267 g/mol. The average Bonchev–Trinajstić information content (AvgIpc) is 2.94. The molecule has 102 valence electrons. The summed E-state index contributed by atoms with van der Waals surface area (Å²) in [6.45, 7) is 0.955. The van der Waals surface area contributed by atoms with Crippen molar-refractivity contribution in [3.63, 3.8) is 0 Å². The predicted molar refractivity (Wildman–Crippen MR) is 66.5 cm³/mol. The number of halogens is 1. The molecule has 1 aromatic carbocycles. The standard InChI is InChI=1S/C12H14FN3O3/c13-10-2-1-8(5-9(10)11(14)16-18)15-12(17)7-3-4-19-6-7/h1-2,5,7,18H,3-4,6H2,(H2,14,16)(H,15,17). The molecule has 0 saturated carbocycles. The van der Waals surface area contributed by atoms with Crippen LogP contribution in [-0.2, 0) is 9.53 Å². The number of nitrogens with two attached hydrogens (primary N) is 1. The third kappa shape index (κ3) is 3.00. The smallest absolute Gasteiger partial charge is 0.229 e. The van der Waals surface area contributed by atoms with Crippen LogP contribution in [0.4, 0.5) is 10.1 Å². The van der Waals surface area contributed by atoms with Crippen LogP contribution < -0.4 is 11.1 Å². The molecule has 0 aliphatic carbocycles. The molecule has 1 aliphatic rings. The van der Waals surface area contributed by atoms with Gasteiger partial charge in [-0.25, -0.2) is 4.39 Å². The van der Waals surface area contributed by atoms with E-state index in [-0.39, 0.29) is 23.2 Å². The number of rotatable bonds is 3. The van der Waals surface area contributed by atoms with Gasteiger partial charge in [-0.15, -0.1) is 0 Å². The molecule has 1 unspecified atom stereocenters. The van der Waals surface area contributed by atoms with Gasteiger partial charge >= 0.3 is 0 Å². The largest absolute Gasteiger partial charge is 0.409 e. The highest BCUT2D eigenvalue weighted by Crippen LogP contribution is 2.18. The lowest BCUT2D eigenvalue weighted by molar-refractivity contribution is -0.119. The van der Waals surface area contributed by atoms with Crippen molar-refractivity contribution in [3.8, 4) is 0 Å². The van der Waals surface area contributed by atoms with E-state index in [0.29, 0.717) is 25.3 Å². The number of oxime groups is 1. The van der Waals surface area contributed by atoms with Crippen molar-refractivity contribution in [1.29, 1.82) is 0 Å². The van der Waals surface area contributed by atoms with Crippen LogP contribution in [0, 0.1) is 11.7 Å². The molecule has 19 heavy (non-hydrogen) atoms. The quantitative estimate of drug-likeness (QED) is 0.328. The van der Waals surface area contributed by atoms with Crippen molar-refractivity contribution in [2.75, 3.05) is 18.5 Å². The minimum Gasteiger partial charge on any atom is -0.409 e. The highest BCUT2D eigenvalue weighted by atomic mass is 19.1. The number of nitrogens with one attached hydrogen (secondary N) is 1. The lowest BCUT2D eigenvalue weighted by Gasteiger charge is -2.10. The Morgan fingerprint density at radius 3 is 3.00 bits per heavy atom. The van der Waals surface area contributed by atoms with Crippen molar-refractivity contribution < 1.29 is 19.1 Å². The number of hydrogen-bond donors (Lipinski definition) is 3. The summed E-state index contributed by atoms with van der Waals surface area (Å²) in [4.78, 5) is 11.9. The van der Waals surface area contributed by atoms with Gasteiger partial charge in [-0.05, 0) is 24.6 Å². The Balaban J connectivity index is 2.14. The van der Waals surface area contributed by atoms with Crippen LogP contribution >= 0.6 is 0 Å². The first kappa shape index (κ1) is 13.3. The highest BCUT2D eigenvalue weighted by Gasteiger charge is 2.23. The highest BCUT2D eigenvalue weighted by molar-refractivity contribution is 5.99. The summed E-state index contributed by atoms with van der Waals surface area (Å²) < 4.78 is 18.6. The van der Waals surface area contributed by atoms with Crippen LogP contribution in [0.1, 0.15) is 12.0 Å². The summed E-state index contributed by atoms with van der Waals surface area (Å²) in [6, 6.07) is 3.88. The minimum atomic E-state index is -0.627. The molecule has 1 aliphatic heterocycles. The second-order valence-corrected chi connectivity index (χ2v) is 4.23. The zero-order valence-corrected chi connectivity index (χ0v) is 10.1. The lowest BCUT2D eigenvalue weighted by Crippen LogP contribution is -2.23. The van der Waals surface area contributed by atoms with Crippen LogP contribution in [0.25, 0.3) is 0 Å². The Bertz CT molecular complexity index is 513. The van der Waals surface area contributed by atoms with Gasteiger partial charge in [-0.1, -0.05) is 5.16 Å². The van der Waals surface area contributed by atoms with E-state index in [1.807, 2.05) is 0 Å². The number of carbonyl (C=O) groups excluding carboxylic acids is 1. The van der Waals surface area contributed by atoms with Crippen molar-refractivity contribution in [2.45, 2.75) is 6.42 Å². The fourth-order valence-corrected chi connectivity index (χ4v) is 1.84. The van der Waals surface area contributed by atoms with E-state index in [9.17, 15) is 9.18 Å². The van der Waals surface area contributed by atoms with Crippen molar-refractivity contribution in [1.82, 2.24) is 0 Å². The minimum absolute atomic E-state index is 0.0667. The van der Waals surface area contributed by atoms with Gasteiger partial charge < -0.3 is 21.0 Å². The molecular formula is C12H14FN3O3. The summed E-state index contributed by atoms with van der Waals surface area (Å²) in [5.74, 6) is -1.36. The van der Waals surface area contributed by atoms with Crippen LogP contribution in [0.15, 0.2) is 23.4 Å². The number of amides is 1. The summed E-state index contributed by atoms with van der Waals surface area (Å²) in [5.41, 5.74) is 5.67. The molecular weight excluding hydrogens is 253 g/mol. The topological polar surface area (TPSA) is 96.9 Å². The first-order valence-corrected chi connectivity index (χ1v) is 5.78. The number of ether oxygens (including phenoxy) is 1. The van der Waals surface area contributed by atoms with Gasteiger partial charge in [0.2, 0.25) is 5.91 Å². The molecule has 0 radical (unpaired) electrons. The maximum absolute atomic E-state index is 13.4. The maximum Gasteiger partial charge on any atom is 0.229 e. The van der Waals surface area contributed by atoms with Gasteiger partial charge in [0.05, 0.1) is 18.1 Å². The Morgan fingerprint density at radius 2 is 2.37 bits per heavy atom. The molecule has 4 N–H and O–H groups in total. The first-order chi connectivity index (χ1) is 9.11.